The van der Waals surface area contributed by atoms with E-state index in [1.807, 2.05) is 38.5 Å². The lowest BCUT2D eigenvalue weighted by Gasteiger charge is -2.18. The first-order chi connectivity index (χ1) is 12.6. The molecule has 0 bridgehead atoms. The molecular formula is C20H29N5O. The summed E-state index contributed by atoms with van der Waals surface area (Å²) in [6, 6.07) is 10.6. The van der Waals surface area contributed by atoms with Crippen LogP contribution in [0, 0.1) is 6.92 Å². The SMILES string of the molecule is CCCN(C)c1cc(N/C=C/c2cccc(C)c2)nc(OCCNC)n1. The monoisotopic (exact) mass is 355 g/mol. The van der Waals surface area contributed by atoms with E-state index in [0.717, 1.165) is 30.9 Å². The van der Waals surface area contributed by atoms with Crippen molar-refractivity contribution in [2.75, 3.05) is 44.0 Å². The Morgan fingerprint density at radius 2 is 2.08 bits per heavy atom. The molecule has 140 valence electrons. The minimum atomic E-state index is 0.382. The summed E-state index contributed by atoms with van der Waals surface area (Å²) in [6.45, 7) is 6.42. The molecule has 1 heterocycles. The summed E-state index contributed by atoms with van der Waals surface area (Å²) < 4.78 is 5.66. The van der Waals surface area contributed by atoms with Crippen LogP contribution in [0.4, 0.5) is 11.6 Å². The van der Waals surface area contributed by atoms with E-state index >= 15 is 0 Å². The average molecular weight is 355 g/mol. The molecule has 1 aromatic carbocycles. The van der Waals surface area contributed by atoms with Gasteiger partial charge in [0.05, 0.1) is 0 Å². The zero-order valence-corrected chi connectivity index (χ0v) is 16.1. The van der Waals surface area contributed by atoms with Crippen molar-refractivity contribution in [3.8, 4) is 6.01 Å². The van der Waals surface area contributed by atoms with Crippen molar-refractivity contribution < 1.29 is 4.74 Å². The summed E-state index contributed by atoms with van der Waals surface area (Å²) in [5.74, 6) is 1.55. The van der Waals surface area contributed by atoms with Gasteiger partial charge in [0.15, 0.2) is 0 Å². The van der Waals surface area contributed by atoms with Gasteiger partial charge < -0.3 is 20.3 Å². The molecule has 0 radical (unpaired) electrons. The second kappa shape index (κ2) is 10.4. The maximum atomic E-state index is 5.66. The number of nitrogens with one attached hydrogen (secondary N) is 2. The van der Waals surface area contributed by atoms with Gasteiger partial charge in [0, 0.05) is 32.4 Å². The molecule has 0 aliphatic rings. The number of aromatic nitrogens is 2. The van der Waals surface area contributed by atoms with Crippen molar-refractivity contribution in [3.63, 3.8) is 0 Å². The maximum absolute atomic E-state index is 5.66. The molecular weight excluding hydrogens is 326 g/mol. The van der Waals surface area contributed by atoms with Gasteiger partial charge in [0.1, 0.15) is 18.2 Å². The fourth-order valence-electron chi connectivity index (χ4n) is 2.44. The number of hydrogen-bond donors (Lipinski definition) is 2. The van der Waals surface area contributed by atoms with Crippen molar-refractivity contribution in [1.29, 1.82) is 0 Å². The lowest BCUT2D eigenvalue weighted by molar-refractivity contribution is 0.294. The van der Waals surface area contributed by atoms with Crippen LogP contribution in [0.15, 0.2) is 36.5 Å². The molecule has 0 atom stereocenters. The number of rotatable bonds is 10. The Morgan fingerprint density at radius 3 is 2.81 bits per heavy atom. The molecule has 2 aromatic rings. The molecule has 0 saturated carbocycles. The molecule has 0 spiro atoms. The number of hydrogen-bond acceptors (Lipinski definition) is 6. The molecule has 1 aromatic heterocycles. The van der Waals surface area contributed by atoms with Crippen LogP contribution in [0.2, 0.25) is 0 Å². The summed E-state index contributed by atoms with van der Waals surface area (Å²) in [5, 5.41) is 6.28. The Hall–Kier alpha value is -2.60. The number of aryl methyl sites for hydroxylation is 1. The van der Waals surface area contributed by atoms with Crippen LogP contribution in [-0.4, -0.2) is 43.8 Å². The van der Waals surface area contributed by atoms with Crippen molar-refractivity contribution in [2.24, 2.45) is 0 Å². The summed E-state index contributed by atoms with van der Waals surface area (Å²) in [7, 11) is 3.91. The molecule has 2 N–H and O–H groups in total. The van der Waals surface area contributed by atoms with Crippen LogP contribution in [0.25, 0.3) is 6.08 Å². The smallest absolute Gasteiger partial charge is 0.320 e. The van der Waals surface area contributed by atoms with E-state index in [9.17, 15) is 0 Å². The van der Waals surface area contributed by atoms with E-state index in [-0.39, 0.29) is 0 Å². The lowest BCUT2D eigenvalue weighted by atomic mass is 10.1. The van der Waals surface area contributed by atoms with Crippen LogP contribution >= 0.6 is 0 Å². The van der Waals surface area contributed by atoms with E-state index in [0.29, 0.717) is 18.4 Å². The van der Waals surface area contributed by atoms with Gasteiger partial charge in [-0.25, -0.2) is 0 Å². The first kappa shape index (κ1) is 19.7. The predicted molar refractivity (Wildman–Crippen MR) is 109 cm³/mol. The third kappa shape index (κ3) is 6.37. The molecule has 0 unspecified atom stereocenters. The van der Waals surface area contributed by atoms with E-state index in [1.54, 1.807) is 0 Å². The van der Waals surface area contributed by atoms with Gasteiger partial charge in [0.25, 0.3) is 0 Å². The van der Waals surface area contributed by atoms with Gasteiger partial charge >= 0.3 is 6.01 Å². The van der Waals surface area contributed by atoms with E-state index in [4.69, 9.17) is 4.74 Å². The number of anilines is 2. The number of benzene rings is 1. The normalized spacial score (nSPS) is 10.9. The van der Waals surface area contributed by atoms with Crippen molar-refractivity contribution in [3.05, 3.63) is 47.7 Å². The molecule has 2 rings (SSSR count). The zero-order valence-electron chi connectivity index (χ0n) is 16.1. The Balaban J connectivity index is 2.13. The molecule has 0 fully saturated rings. The van der Waals surface area contributed by atoms with Crippen molar-refractivity contribution >= 4 is 17.7 Å². The van der Waals surface area contributed by atoms with E-state index < -0.39 is 0 Å². The fourth-order valence-corrected chi connectivity index (χ4v) is 2.44. The number of nitrogens with zero attached hydrogens (tertiary/aromatic N) is 3. The van der Waals surface area contributed by atoms with Crippen LogP contribution < -0.4 is 20.3 Å². The standard InChI is InChI=1S/C20H29N5O/c1-5-12-25(4)19-15-18(23-20(24-19)26-13-11-21-3)22-10-9-17-8-6-7-16(2)14-17/h6-10,14-15,21H,5,11-13H2,1-4H3,(H,22,23,24)/b10-9+. The highest BCUT2D eigenvalue weighted by Gasteiger charge is 2.08. The largest absolute Gasteiger partial charge is 0.462 e. The molecule has 0 saturated heterocycles. The quantitative estimate of drug-likeness (QED) is 0.638. The molecule has 26 heavy (non-hydrogen) atoms. The van der Waals surface area contributed by atoms with Gasteiger partial charge in [-0.05, 0) is 32.0 Å². The summed E-state index contributed by atoms with van der Waals surface area (Å²) in [5.41, 5.74) is 2.37. The Bertz CT molecular complexity index is 717. The lowest BCUT2D eigenvalue weighted by Crippen LogP contribution is -2.21. The first-order valence-corrected chi connectivity index (χ1v) is 8.99. The highest BCUT2D eigenvalue weighted by molar-refractivity contribution is 5.56. The van der Waals surface area contributed by atoms with Gasteiger partial charge in [-0.3, -0.25) is 0 Å². The van der Waals surface area contributed by atoms with Crippen LogP contribution in [0.1, 0.15) is 24.5 Å². The molecule has 6 nitrogen and oxygen atoms in total. The predicted octanol–water partition coefficient (Wildman–Crippen LogP) is 3.31. The van der Waals surface area contributed by atoms with Crippen LogP contribution in [-0.2, 0) is 0 Å². The van der Waals surface area contributed by atoms with Gasteiger partial charge in [-0.2, -0.15) is 9.97 Å². The maximum Gasteiger partial charge on any atom is 0.320 e. The molecule has 0 aliphatic heterocycles. The molecule has 0 amide bonds. The number of ether oxygens (including phenoxy) is 1. The fraction of sp³-hybridized carbons (Fsp3) is 0.400. The highest BCUT2D eigenvalue weighted by atomic mass is 16.5. The Kier molecular flexibility index (Phi) is 7.89. The highest BCUT2D eigenvalue weighted by Crippen LogP contribution is 2.19. The van der Waals surface area contributed by atoms with Gasteiger partial charge in [-0.1, -0.05) is 36.8 Å². The zero-order chi connectivity index (χ0) is 18.8. The average Bonchev–Trinajstić information content (AvgIpc) is 2.62. The Morgan fingerprint density at radius 1 is 1.23 bits per heavy atom. The van der Waals surface area contributed by atoms with Crippen molar-refractivity contribution in [1.82, 2.24) is 15.3 Å². The summed E-state index contributed by atoms with van der Waals surface area (Å²) >= 11 is 0. The number of likely N-dealkylation sites (N-methyl/N-ethyl adjacent to an activating group) is 1. The molecule has 6 heteroatoms. The van der Waals surface area contributed by atoms with Crippen molar-refractivity contribution in [2.45, 2.75) is 20.3 Å². The minimum absolute atomic E-state index is 0.382. The minimum Gasteiger partial charge on any atom is -0.462 e. The second-order valence-electron chi connectivity index (χ2n) is 6.16. The second-order valence-corrected chi connectivity index (χ2v) is 6.16. The topological polar surface area (TPSA) is 62.3 Å². The van der Waals surface area contributed by atoms with Crippen LogP contribution in [0.5, 0.6) is 6.01 Å². The third-order valence-corrected chi connectivity index (χ3v) is 3.77. The Labute approximate surface area is 156 Å². The summed E-state index contributed by atoms with van der Waals surface area (Å²) in [6.07, 6.45) is 4.95. The van der Waals surface area contributed by atoms with Gasteiger partial charge in [0.2, 0.25) is 0 Å². The molecule has 0 aliphatic carbocycles. The van der Waals surface area contributed by atoms with E-state index in [2.05, 4.69) is 57.5 Å². The van der Waals surface area contributed by atoms with E-state index in [1.165, 1.54) is 5.56 Å². The summed E-state index contributed by atoms with van der Waals surface area (Å²) in [4.78, 5) is 11.0. The van der Waals surface area contributed by atoms with Crippen LogP contribution in [0.3, 0.4) is 0 Å². The third-order valence-electron chi connectivity index (χ3n) is 3.77. The van der Waals surface area contributed by atoms with Gasteiger partial charge in [-0.15, -0.1) is 0 Å². The first-order valence-electron chi connectivity index (χ1n) is 8.99.